The minimum Gasteiger partial charge on any atom is -0.372 e. The Balaban J connectivity index is 2.06. The van der Waals surface area contributed by atoms with E-state index in [1.165, 1.54) is 12.3 Å². The number of hydrogen-bond acceptors (Lipinski definition) is 4. The summed E-state index contributed by atoms with van der Waals surface area (Å²) in [6, 6.07) is 9.15. The monoisotopic (exact) mass is 396 g/mol. The number of anilines is 2. The van der Waals surface area contributed by atoms with Crippen LogP contribution in [0.3, 0.4) is 0 Å². The van der Waals surface area contributed by atoms with Crippen LogP contribution in [0.4, 0.5) is 11.4 Å². The third-order valence-corrected chi connectivity index (χ3v) is 4.91. The van der Waals surface area contributed by atoms with Crippen LogP contribution in [-0.2, 0) is 0 Å². The molecule has 0 radical (unpaired) electrons. The van der Waals surface area contributed by atoms with E-state index in [1.54, 1.807) is 6.07 Å². The van der Waals surface area contributed by atoms with Crippen molar-refractivity contribution in [2.75, 3.05) is 29.9 Å². The summed E-state index contributed by atoms with van der Waals surface area (Å²) in [5.41, 5.74) is 3.55. The molecule has 0 aliphatic heterocycles. The molecule has 0 spiro atoms. The van der Waals surface area contributed by atoms with Crippen LogP contribution in [0.15, 0.2) is 36.5 Å². The number of carbonyl (C=O) groups is 2. The zero-order valence-electron chi connectivity index (χ0n) is 17.9. The largest absolute Gasteiger partial charge is 0.372 e. The summed E-state index contributed by atoms with van der Waals surface area (Å²) in [6.07, 6.45) is 4.60. The number of carbonyl (C=O) groups excluding carboxylic acids is 2. The molecule has 0 atom stereocenters. The van der Waals surface area contributed by atoms with E-state index in [0.29, 0.717) is 12.1 Å². The van der Waals surface area contributed by atoms with Gasteiger partial charge in [0.05, 0.1) is 0 Å². The summed E-state index contributed by atoms with van der Waals surface area (Å²) in [5.74, 6) is -0.512. The molecule has 2 aromatic rings. The van der Waals surface area contributed by atoms with Crippen LogP contribution in [-0.4, -0.2) is 36.4 Å². The maximum absolute atomic E-state index is 12.7. The minimum absolute atomic E-state index is 0.253. The highest BCUT2D eigenvalue weighted by atomic mass is 16.2. The molecule has 0 fully saturated rings. The maximum Gasteiger partial charge on any atom is 0.269 e. The number of aryl methyl sites for hydroxylation is 1. The lowest BCUT2D eigenvalue weighted by atomic mass is 10.1. The molecule has 2 amide bonds. The van der Waals surface area contributed by atoms with Crippen molar-refractivity contribution in [3.8, 4) is 0 Å². The van der Waals surface area contributed by atoms with Crippen LogP contribution in [0, 0.1) is 6.92 Å². The Morgan fingerprint density at radius 2 is 1.76 bits per heavy atom. The van der Waals surface area contributed by atoms with E-state index in [9.17, 15) is 9.59 Å². The molecule has 6 heteroatoms. The first-order chi connectivity index (χ1) is 14.0. The van der Waals surface area contributed by atoms with Gasteiger partial charge in [0.2, 0.25) is 0 Å². The van der Waals surface area contributed by atoms with E-state index < -0.39 is 0 Å². The molecular formula is C23H32N4O2. The average Bonchev–Trinajstić information content (AvgIpc) is 2.74. The zero-order valence-corrected chi connectivity index (χ0v) is 17.9. The van der Waals surface area contributed by atoms with E-state index >= 15 is 0 Å². The van der Waals surface area contributed by atoms with Gasteiger partial charge in [-0.15, -0.1) is 0 Å². The van der Waals surface area contributed by atoms with E-state index in [-0.39, 0.29) is 17.5 Å². The number of nitrogens with zero attached hydrogens (tertiary/aromatic N) is 2. The molecule has 0 unspecified atom stereocenters. The number of rotatable bonds is 10. The summed E-state index contributed by atoms with van der Waals surface area (Å²) < 4.78 is 0. The number of unbranched alkanes of at least 4 members (excludes halogenated alkanes) is 2. The third-order valence-electron chi connectivity index (χ3n) is 4.91. The highest BCUT2D eigenvalue weighted by Gasteiger charge is 2.13. The van der Waals surface area contributed by atoms with Crippen molar-refractivity contribution in [1.29, 1.82) is 0 Å². The second kappa shape index (κ2) is 11.2. The van der Waals surface area contributed by atoms with Gasteiger partial charge in [-0.2, -0.15) is 0 Å². The van der Waals surface area contributed by atoms with Crippen molar-refractivity contribution < 1.29 is 9.59 Å². The maximum atomic E-state index is 12.7. The van der Waals surface area contributed by atoms with Crippen LogP contribution in [0.25, 0.3) is 0 Å². The minimum atomic E-state index is -0.258. The van der Waals surface area contributed by atoms with Crippen molar-refractivity contribution in [2.45, 2.75) is 47.0 Å². The number of amides is 2. The molecule has 1 aromatic heterocycles. The van der Waals surface area contributed by atoms with Crippen molar-refractivity contribution in [3.63, 3.8) is 0 Å². The Hall–Kier alpha value is -2.89. The first-order valence-electron chi connectivity index (χ1n) is 10.4. The van der Waals surface area contributed by atoms with E-state index in [2.05, 4.69) is 47.4 Å². The predicted octanol–water partition coefficient (Wildman–Crippen LogP) is 4.41. The van der Waals surface area contributed by atoms with Crippen molar-refractivity contribution >= 4 is 23.2 Å². The van der Waals surface area contributed by atoms with Gasteiger partial charge < -0.3 is 15.5 Å². The Morgan fingerprint density at radius 1 is 1.00 bits per heavy atom. The Morgan fingerprint density at radius 3 is 2.41 bits per heavy atom. The third kappa shape index (κ3) is 6.31. The average molecular weight is 397 g/mol. The summed E-state index contributed by atoms with van der Waals surface area (Å²) in [7, 11) is 0. The fourth-order valence-electron chi connectivity index (χ4n) is 3.13. The van der Waals surface area contributed by atoms with Crippen molar-refractivity contribution in [3.05, 3.63) is 53.3 Å². The molecule has 0 aliphatic carbocycles. The SMILES string of the molecule is CCCCCNC(=O)c1cc(C(=O)Nc2ccc(N(CC)CC)cc2C)ccn1. The summed E-state index contributed by atoms with van der Waals surface area (Å²) in [5, 5.41) is 5.79. The normalized spacial score (nSPS) is 10.5. The first-order valence-corrected chi connectivity index (χ1v) is 10.4. The molecule has 1 heterocycles. The number of benzene rings is 1. The highest BCUT2D eigenvalue weighted by Crippen LogP contribution is 2.23. The van der Waals surface area contributed by atoms with Gasteiger partial charge in [-0.05, 0) is 63.1 Å². The molecule has 2 N–H and O–H groups in total. The molecule has 2 rings (SSSR count). The van der Waals surface area contributed by atoms with Crippen molar-refractivity contribution in [2.24, 2.45) is 0 Å². The van der Waals surface area contributed by atoms with Gasteiger partial charge >= 0.3 is 0 Å². The molecule has 6 nitrogen and oxygen atoms in total. The molecule has 0 bridgehead atoms. The highest BCUT2D eigenvalue weighted by molar-refractivity contribution is 6.06. The van der Waals surface area contributed by atoms with Crippen molar-refractivity contribution in [1.82, 2.24) is 10.3 Å². The Bertz CT molecular complexity index is 831. The fourth-order valence-corrected chi connectivity index (χ4v) is 3.13. The topological polar surface area (TPSA) is 74.3 Å². The molecule has 29 heavy (non-hydrogen) atoms. The van der Waals surface area contributed by atoms with Gasteiger partial charge in [0.25, 0.3) is 11.8 Å². The summed E-state index contributed by atoms with van der Waals surface area (Å²) >= 11 is 0. The first kappa shape index (κ1) is 22.4. The van der Waals surface area contributed by atoms with Gasteiger partial charge in [0.1, 0.15) is 5.69 Å². The molecule has 0 saturated heterocycles. The van der Waals surface area contributed by atoms with E-state index in [0.717, 1.165) is 49.3 Å². The predicted molar refractivity (Wildman–Crippen MR) is 119 cm³/mol. The Labute approximate surface area is 173 Å². The van der Waals surface area contributed by atoms with Gasteiger partial charge in [0, 0.05) is 42.8 Å². The fraction of sp³-hybridized carbons (Fsp3) is 0.435. The molecule has 1 aromatic carbocycles. The van der Waals surface area contributed by atoms with Gasteiger partial charge in [-0.25, -0.2) is 0 Å². The van der Waals surface area contributed by atoms with Crippen LogP contribution >= 0.6 is 0 Å². The zero-order chi connectivity index (χ0) is 21.2. The van der Waals surface area contributed by atoms with E-state index in [1.807, 2.05) is 19.1 Å². The van der Waals surface area contributed by atoms with Crippen LogP contribution in [0.5, 0.6) is 0 Å². The number of aromatic nitrogens is 1. The summed E-state index contributed by atoms with van der Waals surface area (Å²) in [6.45, 7) is 10.8. The van der Waals surface area contributed by atoms with Crippen LogP contribution in [0.1, 0.15) is 66.4 Å². The number of pyridine rings is 1. The molecule has 0 saturated carbocycles. The second-order valence-electron chi connectivity index (χ2n) is 7.02. The lowest BCUT2D eigenvalue weighted by molar-refractivity contribution is 0.0948. The molecular weight excluding hydrogens is 364 g/mol. The lowest BCUT2D eigenvalue weighted by Gasteiger charge is -2.22. The van der Waals surface area contributed by atoms with Crippen LogP contribution in [0.2, 0.25) is 0 Å². The van der Waals surface area contributed by atoms with E-state index in [4.69, 9.17) is 0 Å². The molecule has 0 aliphatic rings. The number of hydrogen-bond donors (Lipinski definition) is 2. The van der Waals surface area contributed by atoms with Gasteiger partial charge in [-0.1, -0.05) is 19.8 Å². The second-order valence-corrected chi connectivity index (χ2v) is 7.02. The van der Waals surface area contributed by atoms with Gasteiger partial charge in [0.15, 0.2) is 0 Å². The molecule has 156 valence electrons. The van der Waals surface area contributed by atoms with Crippen LogP contribution < -0.4 is 15.5 Å². The Kier molecular flexibility index (Phi) is 8.65. The smallest absolute Gasteiger partial charge is 0.269 e. The summed E-state index contributed by atoms with van der Waals surface area (Å²) in [4.78, 5) is 31.3. The number of nitrogens with one attached hydrogen (secondary N) is 2. The quantitative estimate of drug-likeness (QED) is 0.584. The lowest BCUT2D eigenvalue weighted by Crippen LogP contribution is -2.26. The standard InChI is InChI=1S/C23H32N4O2/c1-5-8-9-13-25-23(29)21-16-18(12-14-24-21)22(28)26-20-11-10-19(15-17(20)4)27(6-2)7-3/h10-12,14-16H,5-9,13H2,1-4H3,(H,25,29)(H,26,28). The van der Waals surface area contributed by atoms with Gasteiger partial charge in [-0.3, -0.25) is 14.6 Å².